The summed E-state index contributed by atoms with van der Waals surface area (Å²) in [7, 11) is 0. The monoisotopic (exact) mass is 535 g/mol. The molecule has 4 aromatic carbocycles. The lowest BCUT2D eigenvalue weighted by molar-refractivity contribution is -0.132. The van der Waals surface area contributed by atoms with E-state index >= 15 is 0 Å². The minimum Gasteiger partial charge on any atom is -0.477 e. The van der Waals surface area contributed by atoms with Gasteiger partial charge in [0.25, 0.3) is 5.91 Å². The van der Waals surface area contributed by atoms with E-state index in [4.69, 9.17) is 4.74 Å². The molecule has 0 aliphatic rings. The molecule has 2 N–H and O–H groups in total. The lowest BCUT2D eigenvalue weighted by Gasteiger charge is -2.10. The van der Waals surface area contributed by atoms with Crippen LogP contribution in [-0.2, 0) is 4.79 Å². The van der Waals surface area contributed by atoms with Crippen LogP contribution in [0.25, 0.3) is 16.8 Å². The number of amides is 1. The molecular weight excluding hydrogens is 517 g/mol. The lowest BCUT2D eigenvalue weighted by Crippen LogP contribution is -2.27. The normalized spacial score (nSPS) is 11.2. The minimum atomic E-state index is -1.22. The van der Waals surface area contributed by atoms with Gasteiger partial charge in [-0.2, -0.15) is 0 Å². The molecule has 4 rings (SSSR count). The van der Waals surface area contributed by atoms with Crippen molar-refractivity contribution in [2.24, 2.45) is 0 Å². The minimum absolute atomic E-state index is 0.214. The molecule has 0 aliphatic heterocycles. The van der Waals surface area contributed by atoms with Crippen molar-refractivity contribution in [1.82, 2.24) is 5.32 Å². The van der Waals surface area contributed by atoms with Gasteiger partial charge in [-0.3, -0.25) is 4.79 Å². The van der Waals surface area contributed by atoms with Gasteiger partial charge >= 0.3 is 5.97 Å². The summed E-state index contributed by atoms with van der Waals surface area (Å²) in [6.07, 6.45) is 1.42. The zero-order valence-electron chi connectivity index (χ0n) is 16.8. The number of hydrogen-bond donors (Lipinski definition) is 2. The highest BCUT2D eigenvalue weighted by Gasteiger charge is 2.15. The van der Waals surface area contributed by atoms with E-state index in [1.54, 1.807) is 36.4 Å². The van der Waals surface area contributed by atoms with Crippen LogP contribution in [0.2, 0.25) is 0 Å². The van der Waals surface area contributed by atoms with Crippen LogP contribution in [0.15, 0.2) is 96.7 Å². The van der Waals surface area contributed by atoms with Crippen molar-refractivity contribution in [3.63, 3.8) is 0 Å². The Balaban J connectivity index is 1.55. The second kappa shape index (κ2) is 9.65. The van der Waals surface area contributed by atoms with E-state index in [0.717, 1.165) is 20.1 Å². The van der Waals surface area contributed by atoms with Gasteiger partial charge in [0.1, 0.15) is 17.2 Å². The molecule has 158 valence electrons. The Morgan fingerprint density at radius 3 is 2.28 bits per heavy atom. The summed E-state index contributed by atoms with van der Waals surface area (Å²) in [6.45, 7) is 0. The second-order valence-corrected chi connectivity index (χ2v) is 8.11. The van der Waals surface area contributed by atoms with Gasteiger partial charge in [0.05, 0.1) is 3.57 Å². The van der Waals surface area contributed by atoms with Crippen molar-refractivity contribution in [1.29, 1.82) is 0 Å². The molecule has 0 saturated heterocycles. The predicted octanol–water partition coefficient (Wildman–Crippen LogP) is 6.09. The van der Waals surface area contributed by atoms with Gasteiger partial charge in [-0.05, 0) is 75.3 Å². The van der Waals surface area contributed by atoms with E-state index < -0.39 is 11.9 Å². The first-order valence-corrected chi connectivity index (χ1v) is 10.9. The number of carboxylic acid groups (broad SMARTS) is 1. The number of nitrogens with one attached hydrogen (secondary N) is 1. The van der Waals surface area contributed by atoms with E-state index in [2.05, 4.69) is 27.9 Å². The number of ether oxygens (including phenoxy) is 1. The average molecular weight is 535 g/mol. The van der Waals surface area contributed by atoms with Crippen molar-refractivity contribution < 1.29 is 19.4 Å². The maximum absolute atomic E-state index is 12.8. The maximum Gasteiger partial charge on any atom is 0.352 e. The number of aliphatic carboxylic acids is 1. The second-order valence-electron chi connectivity index (χ2n) is 6.95. The molecule has 4 aromatic rings. The van der Waals surface area contributed by atoms with E-state index in [1.807, 2.05) is 54.6 Å². The highest BCUT2D eigenvalue weighted by molar-refractivity contribution is 14.1. The molecule has 0 saturated carbocycles. The fourth-order valence-electron chi connectivity index (χ4n) is 3.22. The van der Waals surface area contributed by atoms with Crippen LogP contribution in [0.1, 0.15) is 15.9 Å². The molecule has 0 bridgehead atoms. The van der Waals surface area contributed by atoms with Crippen LogP contribution in [0, 0.1) is 3.57 Å². The van der Waals surface area contributed by atoms with Crippen LogP contribution in [0.5, 0.6) is 11.5 Å². The average Bonchev–Trinajstić information content (AvgIpc) is 2.80. The maximum atomic E-state index is 12.8. The number of benzene rings is 4. The molecule has 32 heavy (non-hydrogen) atoms. The molecule has 0 heterocycles. The third-order valence-corrected chi connectivity index (χ3v) is 5.66. The summed E-state index contributed by atoms with van der Waals surface area (Å²) in [4.78, 5) is 24.6. The Morgan fingerprint density at radius 2 is 1.53 bits per heavy atom. The van der Waals surface area contributed by atoms with Gasteiger partial charge < -0.3 is 15.2 Å². The van der Waals surface area contributed by atoms with Crippen LogP contribution in [-0.4, -0.2) is 17.0 Å². The predicted molar refractivity (Wildman–Crippen MR) is 133 cm³/mol. The molecule has 0 radical (unpaired) electrons. The number of carbonyl (C=O) groups excluding carboxylic acids is 1. The molecular formula is C26H18INO4. The van der Waals surface area contributed by atoms with E-state index in [-0.39, 0.29) is 5.70 Å². The van der Waals surface area contributed by atoms with E-state index in [1.165, 1.54) is 6.08 Å². The van der Waals surface area contributed by atoms with Crippen LogP contribution >= 0.6 is 22.6 Å². The number of carbonyl (C=O) groups is 2. The molecule has 0 aromatic heterocycles. The van der Waals surface area contributed by atoms with Crippen molar-refractivity contribution in [3.8, 4) is 11.5 Å². The molecule has 0 spiro atoms. The van der Waals surface area contributed by atoms with Crippen LogP contribution in [0.4, 0.5) is 0 Å². The summed E-state index contributed by atoms with van der Waals surface area (Å²) in [5, 5.41) is 13.8. The van der Waals surface area contributed by atoms with Crippen molar-refractivity contribution in [2.75, 3.05) is 0 Å². The highest BCUT2D eigenvalue weighted by atomic mass is 127. The van der Waals surface area contributed by atoms with Crippen molar-refractivity contribution in [3.05, 3.63) is 111 Å². The van der Waals surface area contributed by atoms with E-state index in [9.17, 15) is 14.7 Å². The summed E-state index contributed by atoms with van der Waals surface area (Å²) in [6, 6.07) is 27.4. The molecule has 0 atom stereocenters. The van der Waals surface area contributed by atoms with Gasteiger partial charge in [0.2, 0.25) is 0 Å². The Morgan fingerprint density at radius 1 is 0.844 bits per heavy atom. The Bertz CT molecular complexity index is 1320. The van der Waals surface area contributed by atoms with Gasteiger partial charge in [-0.15, -0.1) is 0 Å². The Kier molecular flexibility index (Phi) is 6.51. The summed E-state index contributed by atoms with van der Waals surface area (Å²) in [5.41, 5.74) is 0.821. The van der Waals surface area contributed by atoms with Crippen molar-refractivity contribution in [2.45, 2.75) is 0 Å². The fourth-order valence-corrected chi connectivity index (χ4v) is 3.72. The Hall–Kier alpha value is -3.65. The van der Waals surface area contributed by atoms with Crippen molar-refractivity contribution >= 4 is 51.3 Å². The number of halogens is 1. The van der Waals surface area contributed by atoms with Gasteiger partial charge in [0.15, 0.2) is 0 Å². The first-order chi connectivity index (χ1) is 15.5. The SMILES string of the molecule is O=C(O)/C(=C\c1ccc(Oc2ccccc2I)cc1)NC(=O)c1cccc2ccccc12. The topological polar surface area (TPSA) is 75.6 Å². The smallest absolute Gasteiger partial charge is 0.352 e. The number of fused-ring (bicyclic) bond motifs is 1. The zero-order chi connectivity index (χ0) is 22.5. The highest BCUT2D eigenvalue weighted by Crippen LogP contribution is 2.27. The van der Waals surface area contributed by atoms with Gasteiger partial charge in [-0.1, -0.05) is 60.7 Å². The molecule has 6 heteroatoms. The molecule has 0 fully saturated rings. The molecule has 0 unspecified atom stereocenters. The summed E-state index contributed by atoms with van der Waals surface area (Å²) < 4.78 is 6.85. The van der Waals surface area contributed by atoms with Crippen LogP contribution in [0.3, 0.4) is 0 Å². The standard InChI is InChI=1S/C26H18INO4/c27-22-10-3-4-11-24(22)32-19-14-12-17(13-15-19)16-23(26(30)31)28-25(29)21-9-5-7-18-6-1-2-8-20(18)21/h1-16H,(H,28,29)(H,30,31)/b23-16+. The molecule has 1 amide bonds. The van der Waals surface area contributed by atoms with Crippen LogP contribution < -0.4 is 10.1 Å². The fraction of sp³-hybridized carbons (Fsp3) is 0. The number of rotatable bonds is 6. The zero-order valence-corrected chi connectivity index (χ0v) is 18.9. The summed E-state index contributed by atoms with van der Waals surface area (Å²) in [5.74, 6) is -0.334. The first-order valence-electron chi connectivity index (χ1n) is 9.78. The quantitative estimate of drug-likeness (QED) is 0.232. The number of para-hydroxylation sites is 1. The van der Waals surface area contributed by atoms with E-state index in [0.29, 0.717) is 16.9 Å². The third kappa shape index (κ3) is 4.97. The molecule has 5 nitrogen and oxygen atoms in total. The lowest BCUT2D eigenvalue weighted by atomic mass is 10.0. The molecule has 0 aliphatic carbocycles. The summed E-state index contributed by atoms with van der Waals surface area (Å²) >= 11 is 2.20. The van der Waals surface area contributed by atoms with Gasteiger partial charge in [0, 0.05) is 5.56 Å². The largest absolute Gasteiger partial charge is 0.477 e. The Labute approximate surface area is 198 Å². The first kappa shape index (κ1) is 21.6. The number of carboxylic acids is 1. The third-order valence-electron chi connectivity index (χ3n) is 4.77. The van der Waals surface area contributed by atoms with Gasteiger partial charge in [-0.25, -0.2) is 4.79 Å². The number of hydrogen-bond acceptors (Lipinski definition) is 3.